The van der Waals surface area contributed by atoms with E-state index < -0.39 is 0 Å². The maximum Gasteiger partial charge on any atom is 0.0649 e. The second-order valence-electron chi connectivity index (χ2n) is 5.21. The van der Waals surface area contributed by atoms with Gasteiger partial charge in [0.15, 0.2) is 0 Å². The number of rotatable bonds is 7. The number of hydrogen-bond acceptors (Lipinski definition) is 4. The molecule has 0 aliphatic carbocycles. The quantitative estimate of drug-likeness (QED) is 0.766. The Balaban J connectivity index is 1.78. The Morgan fingerprint density at radius 3 is 2.89 bits per heavy atom. The molecular formula is C15H26N2S2. The molecule has 1 aliphatic heterocycles. The average molecular weight is 299 g/mol. The maximum atomic E-state index is 3.76. The van der Waals surface area contributed by atoms with E-state index in [1.165, 1.54) is 42.2 Å². The van der Waals surface area contributed by atoms with Crippen LogP contribution in [0.1, 0.15) is 45.2 Å². The molecule has 1 aliphatic rings. The molecule has 0 saturated carbocycles. The van der Waals surface area contributed by atoms with Gasteiger partial charge in [-0.05, 0) is 56.0 Å². The summed E-state index contributed by atoms with van der Waals surface area (Å²) in [5, 5.41) is 6.74. The molecule has 0 bridgehead atoms. The zero-order valence-corrected chi connectivity index (χ0v) is 13.9. The Morgan fingerprint density at radius 1 is 1.37 bits per heavy atom. The lowest BCUT2D eigenvalue weighted by atomic mass is 10.0. The molecule has 0 spiro atoms. The fourth-order valence-electron chi connectivity index (χ4n) is 2.66. The minimum Gasteiger partial charge on any atom is -0.310 e. The van der Waals surface area contributed by atoms with Crippen LogP contribution in [0.15, 0.2) is 15.7 Å². The van der Waals surface area contributed by atoms with Gasteiger partial charge in [0.05, 0.1) is 4.21 Å². The van der Waals surface area contributed by atoms with Gasteiger partial charge in [-0.1, -0.05) is 20.8 Å². The van der Waals surface area contributed by atoms with Crippen LogP contribution < -0.4 is 5.32 Å². The Hall–Kier alpha value is -0.0300. The van der Waals surface area contributed by atoms with E-state index in [0.717, 1.165) is 11.8 Å². The molecule has 1 aromatic rings. The standard InChI is InChI=1S/C15H26N2S2/c1-4-17(5-2)9-6-8-16-14-11-12(3)19-15-13(14)7-10-18-15/h7,10,12,14,16H,4-6,8-9,11H2,1-3H3/t12-,14?/m0/s1. The summed E-state index contributed by atoms with van der Waals surface area (Å²) < 4.78 is 1.53. The van der Waals surface area contributed by atoms with Gasteiger partial charge in [-0.2, -0.15) is 0 Å². The third-order valence-corrected chi connectivity index (χ3v) is 6.19. The number of fused-ring (bicyclic) bond motifs is 1. The zero-order valence-electron chi connectivity index (χ0n) is 12.3. The smallest absolute Gasteiger partial charge is 0.0649 e. The number of thiophene rings is 1. The van der Waals surface area contributed by atoms with Crippen molar-refractivity contribution >= 4 is 23.1 Å². The molecule has 2 atom stereocenters. The molecule has 0 fully saturated rings. The molecular weight excluding hydrogens is 272 g/mol. The monoisotopic (exact) mass is 298 g/mol. The minimum atomic E-state index is 0.578. The number of nitrogens with zero attached hydrogens (tertiary/aromatic N) is 1. The summed E-state index contributed by atoms with van der Waals surface area (Å²) >= 11 is 3.94. The fraction of sp³-hybridized carbons (Fsp3) is 0.733. The van der Waals surface area contributed by atoms with Crippen LogP contribution in [0.25, 0.3) is 0 Å². The Labute approximate surface area is 126 Å². The van der Waals surface area contributed by atoms with Gasteiger partial charge in [0.2, 0.25) is 0 Å². The number of hydrogen-bond donors (Lipinski definition) is 1. The molecule has 1 unspecified atom stereocenters. The van der Waals surface area contributed by atoms with Crippen molar-refractivity contribution in [3.8, 4) is 0 Å². The molecule has 4 heteroatoms. The minimum absolute atomic E-state index is 0.578. The highest BCUT2D eigenvalue weighted by atomic mass is 32.2. The normalized spacial score (nSPS) is 22.7. The average Bonchev–Trinajstić information content (AvgIpc) is 2.86. The SMILES string of the molecule is CCN(CC)CCCNC1C[C@H](C)Sc2sccc21. The highest BCUT2D eigenvalue weighted by Crippen LogP contribution is 2.43. The Bertz CT molecular complexity index is 374. The van der Waals surface area contributed by atoms with Crippen LogP contribution >= 0.6 is 23.1 Å². The van der Waals surface area contributed by atoms with E-state index in [-0.39, 0.29) is 0 Å². The van der Waals surface area contributed by atoms with Gasteiger partial charge >= 0.3 is 0 Å². The molecule has 2 nitrogen and oxygen atoms in total. The molecule has 0 saturated heterocycles. The second kappa shape index (κ2) is 7.67. The van der Waals surface area contributed by atoms with Gasteiger partial charge in [-0.3, -0.25) is 0 Å². The summed E-state index contributed by atoms with van der Waals surface area (Å²) in [5.74, 6) is 0. The van der Waals surface area contributed by atoms with E-state index in [4.69, 9.17) is 0 Å². The molecule has 108 valence electrons. The second-order valence-corrected chi connectivity index (χ2v) is 7.84. The number of nitrogens with one attached hydrogen (secondary N) is 1. The molecule has 19 heavy (non-hydrogen) atoms. The van der Waals surface area contributed by atoms with Crippen LogP contribution in [-0.4, -0.2) is 36.3 Å². The van der Waals surface area contributed by atoms with E-state index in [9.17, 15) is 0 Å². The largest absolute Gasteiger partial charge is 0.310 e. The summed E-state index contributed by atoms with van der Waals surface area (Å²) in [6.45, 7) is 11.5. The molecule has 1 aromatic heterocycles. The lowest BCUT2D eigenvalue weighted by Crippen LogP contribution is -2.30. The highest BCUT2D eigenvalue weighted by Gasteiger charge is 2.25. The van der Waals surface area contributed by atoms with Gasteiger partial charge in [0.1, 0.15) is 0 Å². The van der Waals surface area contributed by atoms with E-state index in [2.05, 4.69) is 42.4 Å². The van der Waals surface area contributed by atoms with Crippen molar-refractivity contribution < 1.29 is 0 Å². The molecule has 1 N–H and O–H groups in total. The number of thioether (sulfide) groups is 1. The first-order chi connectivity index (χ1) is 9.24. The lowest BCUT2D eigenvalue weighted by Gasteiger charge is -2.28. The Morgan fingerprint density at radius 2 is 2.16 bits per heavy atom. The van der Waals surface area contributed by atoms with E-state index in [1.807, 2.05) is 23.1 Å². The van der Waals surface area contributed by atoms with Crippen molar-refractivity contribution in [3.05, 3.63) is 17.0 Å². The molecule has 0 radical (unpaired) electrons. The van der Waals surface area contributed by atoms with Gasteiger partial charge < -0.3 is 10.2 Å². The lowest BCUT2D eigenvalue weighted by molar-refractivity contribution is 0.295. The van der Waals surface area contributed by atoms with Crippen molar-refractivity contribution in [3.63, 3.8) is 0 Å². The first-order valence-corrected chi connectivity index (χ1v) is 9.20. The van der Waals surface area contributed by atoms with Crippen molar-refractivity contribution in [2.24, 2.45) is 0 Å². The van der Waals surface area contributed by atoms with Crippen LogP contribution in [0.2, 0.25) is 0 Å². The van der Waals surface area contributed by atoms with Crippen LogP contribution in [-0.2, 0) is 0 Å². The third-order valence-electron chi connectivity index (χ3n) is 3.85. The van der Waals surface area contributed by atoms with E-state index in [0.29, 0.717) is 6.04 Å². The zero-order chi connectivity index (χ0) is 13.7. The fourth-order valence-corrected chi connectivity index (χ4v) is 5.23. The van der Waals surface area contributed by atoms with Crippen LogP contribution in [0.5, 0.6) is 0 Å². The summed E-state index contributed by atoms with van der Waals surface area (Å²) in [7, 11) is 0. The molecule has 2 heterocycles. The van der Waals surface area contributed by atoms with Crippen LogP contribution in [0, 0.1) is 0 Å². The predicted molar refractivity (Wildman–Crippen MR) is 87.4 cm³/mol. The summed E-state index contributed by atoms with van der Waals surface area (Å²) in [5.41, 5.74) is 1.54. The maximum absolute atomic E-state index is 3.76. The molecule has 0 aromatic carbocycles. The molecule has 2 rings (SSSR count). The van der Waals surface area contributed by atoms with Crippen LogP contribution in [0.4, 0.5) is 0 Å². The van der Waals surface area contributed by atoms with Crippen molar-refractivity contribution in [2.75, 3.05) is 26.2 Å². The van der Waals surface area contributed by atoms with Gasteiger partial charge in [-0.15, -0.1) is 23.1 Å². The van der Waals surface area contributed by atoms with Gasteiger partial charge in [0.25, 0.3) is 0 Å². The summed E-state index contributed by atoms with van der Waals surface area (Å²) in [6.07, 6.45) is 2.51. The van der Waals surface area contributed by atoms with Crippen molar-refractivity contribution in [1.82, 2.24) is 10.2 Å². The first kappa shape index (κ1) is 15.4. The summed E-state index contributed by atoms with van der Waals surface area (Å²) in [6, 6.07) is 2.88. The molecule has 0 amide bonds. The summed E-state index contributed by atoms with van der Waals surface area (Å²) in [4.78, 5) is 2.50. The van der Waals surface area contributed by atoms with Crippen molar-refractivity contribution in [1.29, 1.82) is 0 Å². The van der Waals surface area contributed by atoms with Crippen LogP contribution in [0.3, 0.4) is 0 Å². The first-order valence-electron chi connectivity index (χ1n) is 7.44. The van der Waals surface area contributed by atoms with Gasteiger partial charge in [-0.25, -0.2) is 0 Å². The van der Waals surface area contributed by atoms with Gasteiger partial charge in [0, 0.05) is 11.3 Å². The van der Waals surface area contributed by atoms with Crippen molar-refractivity contribution in [2.45, 2.75) is 49.1 Å². The highest BCUT2D eigenvalue weighted by molar-refractivity contribution is 8.01. The predicted octanol–water partition coefficient (Wildman–Crippen LogP) is 4.00. The van der Waals surface area contributed by atoms with E-state index in [1.54, 1.807) is 0 Å². The van der Waals surface area contributed by atoms with E-state index >= 15 is 0 Å². The topological polar surface area (TPSA) is 15.3 Å². The Kier molecular flexibility index (Phi) is 6.20. The third kappa shape index (κ3) is 4.22.